The van der Waals surface area contributed by atoms with Crippen LogP contribution < -0.4 is 0 Å². The molecule has 1 N–H and O–H groups in total. The van der Waals surface area contributed by atoms with Crippen LogP contribution >= 0.6 is 11.6 Å². The molecule has 0 fully saturated rings. The van der Waals surface area contributed by atoms with Gasteiger partial charge in [0.2, 0.25) is 0 Å². The van der Waals surface area contributed by atoms with Gasteiger partial charge in [0, 0.05) is 23.5 Å². The summed E-state index contributed by atoms with van der Waals surface area (Å²) in [6.07, 6.45) is 1.96. The van der Waals surface area contributed by atoms with Gasteiger partial charge in [-0.15, -0.1) is 0 Å². The van der Waals surface area contributed by atoms with Gasteiger partial charge in [-0.1, -0.05) is 23.7 Å². The molecule has 1 aromatic heterocycles. The Bertz CT molecular complexity index is 433. The Morgan fingerprint density at radius 2 is 1.87 bits per heavy atom. The highest BCUT2D eigenvalue weighted by molar-refractivity contribution is 6.30. The minimum atomic E-state index is 0.0700. The van der Waals surface area contributed by atoms with Crippen LogP contribution in [0.25, 0.3) is 0 Å². The number of aromatic nitrogens is 1. The lowest BCUT2D eigenvalue weighted by Gasteiger charge is -2.07. The molecule has 0 unspecified atom stereocenters. The number of rotatable bonds is 3. The van der Waals surface area contributed by atoms with Crippen molar-refractivity contribution in [1.29, 1.82) is 0 Å². The van der Waals surface area contributed by atoms with Gasteiger partial charge in [-0.25, -0.2) is 0 Å². The molecule has 3 heteroatoms. The highest BCUT2D eigenvalue weighted by Crippen LogP contribution is 2.12. The molecule has 0 aliphatic carbocycles. The monoisotopic (exact) mass is 221 g/mol. The van der Waals surface area contributed by atoms with Crippen molar-refractivity contribution in [2.75, 3.05) is 0 Å². The number of aliphatic hydroxyl groups is 1. The topological polar surface area (TPSA) is 25.2 Å². The Labute approximate surface area is 93.7 Å². The number of benzene rings is 1. The molecular formula is C12H12ClNO. The molecule has 0 radical (unpaired) electrons. The summed E-state index contributed by atoms with van der Waals surface area (Å²) in [5, 5.41) is 9.83. The average molecular weight is 222 g/mol. The molecule has 15 heavy (non-hydrogen) atoms. The van der Waals surface area contributed by atoms with Gasteiger partial charge >= 0.3 is 0 Å². The molecule has 0 atom stereocenters. The fourth-order valence-electron chi connectivity index (χ4n) is 1.53. The van der Waals surface area contributed by atoms with Crippen molar-refractivity contribution in [1.82, 2.24) is 4.57 Å². The van der Waals surface area contributed by atoms with E-state index in [1.165, 1.54) is 5.56 Å². The van der Waals surface area contributed by atoms with Gasteiger partial charge < -0.3 is 9.67 Å². The summed E-state index contributed by atoms with van der Waals surface area (Å²) in [6, 6.07) is 11.6. The molecule has 0 aliphatic rings. The van der Waals surface area contributed by atoms with Crippen LogP contribution in [0.4, 0.5) is 0 Å². The molecule has 2 rings (SSSR count). The highest BCUT2D eigenvalue weighted by atomic mass is 35.5. The van der Waals surface area contributed by atoms with Crippen molar-refractivity contribution < 1.29 is 5.11 Å². The van der Waals surface area contributed by atoms with Crippen LogP contribution in [-0.4, -0.2) is 9.67 Å². The smallest absolute Gasteiger partial charge is 0.0832 e. The number of hydrogen-bond acceptors (Lipinski definition) is 1. The maximum Gasteiger partial charge on any atom is 0.0832 e. The first kappa shape index (κ1) is 10.3. The minimum absolute atomic E-state index is 0.0700. The normalized spacial score (nSPS) is 10.5. The fourth-order valence-corrected chi connectivity index (χ4v) is 1.66. The third-order valence-corrected chi connectivity index (χ3v) is 2.60. The van der Waals surface area contributed by atoms with E-state index in [-0.39, 0.29) is 6.61 Å². The van der Waals surface area contributed by atoms with Crippen LogP contribution in [0.5, 0.6) is 0 Å². The Hall–Kier alpha value is -1.25. The van der Waals surface area contributed by atoms with Gasteiger partial charge in [-0.2, -0.15) is 0 Å². The van der Waals surface area contributed by atoms with Crippen molar-refractivity contribution in [3.8, 4) is 0 Å². The summed E-state index contributed by atoms with van der Waals surface area (Å²) in [4.78, 5) is 0. The largest absolute Gasteiger partial charge is 0.390 e. The van der Waals surface area contributed by atoms with Gasteiger partial charge in [-0.05, 0) is 29.8 Å². The summed E-state index contributed by atoms with van der Waals surface area (Å²) in [5.74, 6) is 0. The third-order valence-electron chi connectivity index (χ3n) is 2.35. The fraction of sp³-hybridized carbons (Fsp3) is 0.167. The molecule has 78 valence electrons. The van der Waals surface area contributed by atoms with Crippen LogP contribution in [0.15, 0.2) is 42.6 Å². The van der Waals surface area contributed by atoms with Gasteiger partial charge in [0.1, 0.15) is 0 Å². The Morgan fingerprint density at radius 3 is 2.53 bits per heavy atom. The summed E-state index contributed by atoms with van der Waals surface area (Å²) in [7, 11) is 0. The molecule has 0 saturated heterocycles. The molecule has 2 aromatic rings. The van der Waals surface area contributed by atoms with Crippen LogP contribution in [0, 0.1) is 0 Å². The first-order valence-electron chi connectivity index (χ1n) is 4.79. The van der Waals surface area contributed by atoms with Crippen molar-refractivity contribution in [2.45, 2.75) is 13.2 Å². The zero-order valence-electron chi connectivity index (χ0n) is 8.23. The SMILES string of the molecule is OCc1cccn1Cc1ccc(Cl)cc1. The van der Waals surface area contributed by atoms with Gasteiger partial charge in [0.15, 0.2) is 0 Å². The van der Waals surface area contributed by atoms with Crippen LogP contribution in [-0.2, 0) is 13.2 Å². The van der Waals surface area contributed by atoms with Crippen molar-refractivity contribution in [3.05, 3.63) is 58.9 Å². The molecule has 0 saturated carbocycles. The van der Waals surface area contributed by atoms with Crippen molar-refractivity contribution in [2.24, 2.45) is 0 Å². The van der Waals surface area contributed by atoms with Crippen LogP contribution in [0.1, 0.15) is 11.3 Å². The maximum atomic E-state index is 9.09. The molecule has 1 heterocycles. The molecule has 1 aromatic carbocycles. The van der Waals surface area contributed by atoms with Crippen molar-refractivity contribution in [3.63, 3.8) is 0 Å². The quantitative estimate of drug-likeness (QED) is 0.847. The van der Waals surface area contributed by atoms with E-state index in [1.807, 2.05) is 47.2 Å². The second-order valence-corrected chi connectivity index (χ2v) is 3.85. The average Bonchev–Trinajstić information content (AvgIpc) is 2.69. The lowest BCUT2D eigenvalue weighted by molar-refractivity contribution is 0.271. The minimum Gasteiger partial charge on any atom is -0.390 e. The molecular weight excluding hydrogens is 210 g/mol. The predicted octanol–water partition coefficient (Wildman–Crippen LogP) is 2.68. The Kier molecular flexibility index (Phi) is 3.09. The van der Waals surface area contributed by atoms with E-state index < -0.39 is 0 Å². The summed E-state index contributed by atoms with van der Waals surface area (Å²) in [6.45, 7) is 0.834. The van der Waals surface area contributed by atoms with Gasteiger partial charge in [-0.3, -0.25) is 0 Å². The molecule has 0 aliphatic heterocycles. The maximum absolute atomic E-state index is 9.09. The molecule has 0 bridgehead atoms. The standard InChI is InChI=1S/C12H12ClNO/c13-11-5-3-10(4-6-11)8-14-7-1-2-12(14)9-15/h1-7,15H,8-9H2. The van der Waals surface area contributed by atoms with Gasteiger partial charge in [0.05, 0.1) is 6.61 Å². The number of aliphatic hydroxyl groups excluding tert-OH is 1. The summed E-state index contributed by atoms with van der Waals surface area (Å²) >= 11 is 5.81. The number of halogens is 1. The van der Waals surface area contributed by atoms with E-state index in [1.54, 1.807) is 0 Å². The first-order valence-corrected chi connectivity index (χ1v) is 5.17. The summed E-state index contributed by atoms with van der Waals surface area (Å²) in [5.41, 5.74) is 2.09. The number of nitrogens with zero attached hydrogens (tertiary/aromatic N) is 1. The second-order valence-electron chi connectivity index (χ2n) is 3.41. The third kappa shape index (κ3) is 2.41. The molecule has 0 spiro atoms. The number of hydrogen-bond donors (Lipinski definition) is 1. The van der Waals surface area contributed by atoms with E-state index >= 15 is 0 Å². The highest BCUT2D eigenvalue weighted by Gasteiger charge is 2.00. The van der Waals surface area contributed by atoms with E-state index in [2.05, 4.69) is 0 Å². The van der Waals surface area contributed by atoms with Gasteiger partial charge in [0.25, 0.3) is 0 Å². The lowest BCUT2D eigenvalue weighted by atomic mass is 10.2. The zero-order chi connectivity index (χ0) is 10.7. The lowest BCUT2D eigenvalue weighted by Crippen LogP contribution is -2.02. The molecule has 0 amide bonds. The Balaban J connectivity index is 2.18. The van der Waals surface area contributed by atoms with E-state index in [0.29, 0.717) is 0 Å². The second kappa shape index (κ2) is 4.51. The Morgan fingerprint density at radius 1 is 1.13 bits per heavy atom. The first-order chi connectivity index (χ1) is 7.29. The van der Waals surface area contributed by atoms with Crippen LogP contribution in [0.3, 0.4) is 0 Å². The van der Waals surface area contributed by atoms with E-state index in [9.17, 15) is 0 Å². The van der Waals surface area contributed by atoms with E-state index in [4.69, 9.17) is 16.7 Å². The zero-order valence-corrected chi connectivity index (χ0v) is 8.98. The van der Waals surface area contributed by atoms with Crippen LogP contribution in [0.2, 0.25) is 5.02 Å². The summed E-state index contributed by atoms with van der Waals surface area (Å²) < 4.78 is 2.02. The van der Waals surface area contributed by atoms with Crippen molar-refractivity contribution >= 4 is 11.6 Å². The molecule has 2 nitrogen and oxygen atoms in total. The van der Waals surface area contributed by atoms with E-state index in [0.717, 1.165) is 17.3 Å². The predicted molar refractivity (Wildman–Crippen MR) is 60.9 cm³/mol.